The van der Waals surface area contributed by atoms with Crippen LogP contribution in [0.4, 0.5) is 0 Å². The fourth-order valence-electron chi connectivity index (χ4n) is 2.99. The molecule has 1 aromatic heterocycles. The molecular weight excluding hydrogens is 326 g/mol. The summed E-state index contributed by atoms with van der Waals surface area (Å²) in [7, 11) is 0. The normalized spacial score (nSPS) is 11.9. The van der Waals surface area contributed by atoms with Crippen molar-refractivity contribution in [1.29, 1.82) is 0 Å². The van der Waals surface area contributed by atoms with Crippen molar-refractivity contribution in [2.24, 2.45) is 0 Å². The van der Waals surface area contributed by atoms with E-state index in [4.69, 9.17) is 0 Å². The molecule has 0 radical (unpaired) electrons. The average molecular weight is 349 g/mol. The van der Waals surface area contributed by atoms with Crippen molar-refractivity contribution in [3.8, 4) is 0 Å². The number of carbonyl (C=O) groups excluding carboxylic acids is 2. The monoisotopic (exact) mass is 349 g/mol. The van der Waals surface area contributed by atoms with Crippen molar-refractivity contribution >= 4 is 22.7 Å². The van der Waals surface area contributed by atoms with Gasteiger partial charge in [-0.3, -0.25) is 9.59 Å². The lowest BCUT2D eigenvalue weighted by atomic mass is 10.0. The molecule has 3 N–H and O–H groups in total. The van der Waals surface area contributed by atoms with Gasteiger partial charge in [-0.25, -0.2) is 0 Å². The van der Waals surface area contributed by atoms with Crippen LogP contribution in [0.3, 0.4) is 0 Å². The molecule has 5 nitrogen and oxygen atoms in total. The number of hydrogen-bond donors (Lipinski definition) is 3. The van der Waals surface area contributed by atoms with E-state index in [0.29, 0.717) is 13.0 Å². The highest BCUT2D eigenvalue weighted by Crippen LogP contribution is 2.19. The Morgan fingerprint density at radius 2 is 1.81 bits per heavy atom. The van der Waals surface area contributed by atoms with Crippen LogP contribution in [0.1, 0.15) is 23.6 Å². The fourth-order valence-corrected chi connectivity index (χ4v) is 2.99. The second-order valence-corrected chi connectivity index (χ2v) is 6.52. The van der Waals surface area contributed by atoms with Gasteiger partial charge < -0.3 is 15.6 Å². The van der Waals surface area contributed by atoms with E-state index in [1.54, 1.807) is 0 Å². The van der Waals surface area contributed by atoms with Crippen LogP contribution < -0.4 is 10.6 Å². The molecule has 0 fully saturated rings. The summed E-state index contributed by atoms with van der Waals surface area (Å²) in [5, 5.41) is 6.75. The Hall–Kier alpha value is -3.08. The molecule has 0 aliphatic rings. The standard InChI is InChI=1S/C21H23N3O2/c1-14-7-9-16(10-8-14)12-23-21(26)20(24-15(2)25)11-17-13-22-19-6-4-3-5-18(17)19/h3-10,13,20,22H,11-12H2,1-2H3,(H,23,26)(H,24,25). The van der Waals surface area contributed by atoms with Crippen LogP contribution in [0.2, 0.25) is 0 Å². The van der Waals surface area contributed by atoms with Crippen LogP contribution in [0.15, 0.2) is 54.7 Å². The Labute approximate surface area is 152 Å². The summed E-state index contributed by atoms with van der Waals surface area (Å²) in [6.45, 7) is 3.88. The number of para-hydroxylation sites is 1. The number of hydrogen-bond acceptors (Lipinski definition) is 2. The third-order valence-corrected chi connectivity index (χ3v) is 4.38. The van der Waals surface area contributed by atoms with Gasteiger partial charge in [0.05, 0.1) is 0 Å². The third-order valence-electron chi connectivity index (χ3n) is 4.38. The topological polar surface area (TPSA) is 74.0 Å². The molecule has 2 amide bonds. The van der Waals surface area contributed by atoms with Gasteiger partial charge in [0.2, 0.25) is 11.8 Å². The summed E-state index contributed by atoms with van der Waals surface area (Å²) >= 11 is 0. The Balaban J connectivity index is 1.71. The summed E-state index contributed by atoms with van der Waals surface area (Å²) in [5.74, 6) is -0.411. The molecule has 134 valence electrons. The van der Waals surface area contributed by atoms with Crippen LogP contribution in [0.25, 0.3) is 10.9 Å². The lowest BCUT2D eigenvalue weighted by Gasteiger charge is -2.17. The number of fused-ring (bicyclic) bond motifs is 1. The molecule has 26 heavy (non-hydrogen) atoms. The Morgan fingerprint density at radius 3 is 2.54 bits per heavy atom. The van der Waals surface area contributed by atoms with Gasteiger partial charge in [-0.05, 0) is 24.1 Å². The third kappa shape index (κ3) is 4.30. The highest BCUT2D eigenvalue weighted by molar-refractivity contribution is 5.89. The van der Waals surface area contributed by atoms with Crippen molar-refractivity contribution < 1.29 is 9.59 Å². The van der Waals surface area contributed by atoms with Crippen LogP contribution in [-0.4, -0.2) is 22.8 Å². The minimum Gasteiger partial charge on any atom is -0.361 e. The molecule has 0 aliphatic carbocycles. The molecule has 1 unspecified atom stereocenters. The van der Waals surface area contributed by atoms with E-state index in [-0.39, 0.29) is 11.8 Å². The summed E-state index contributed by atoms with van der Waals surface area (Å²) in [6.07, 6.45) is 2.33. The zero-order valence-electron chi connectivity index (χ0n) is 15.0. The first kappa shape index (κ1) is 17.7. The second kappa shape index (κ2) is 7.87. The van der Waals surface area contributed by atoms with Gasteiger partial charge in [0, 0.05) is 37.0 Å². The van der Waals surface area contributed by atoms with E-state index in [9.17, 15) is 9.59 Å². The van der Waals surface area contributed by atoms with Crippen LogP contribution in [-0.2, 0) is 22.6 Å². The van der Waals surface area contributed by atoms with Gasteiger partial charge in [-0.2, -0.15) is 0 Å². The van der Waals surface area contributed by atoms with Gasteiger partial charge >= 0.3 is 0 Å². The van der Waals surface area contributed by atoms with E-state index in [0.717, 1.165) is 22.0 Å². The second-order valence-electron chi connectivity index (χ2n) is 6.52. The van der Waals surface area contributed by atoms with Gasteiger partial charge in [-0.1, -0.05) is 48.0 Å². The smallest absolute Gasteiger partial charge is 0.243 e. The van der Waals surface area contributed by atoms with Crippen LogP contribution in [0, 0.1) is 6.92 Å². The van der Waals surface area contributed by atoms with E-state index >= 15 is 0 Å². The maximum absolute atomic E-state index is 12.6. The molecule has 0 saturated carbocycles. The lowest BCUT2D eigenvalue weighted by molar-refractivity contribution is -0.128. The molecule has 1 heterocycles. The van der Waals surface area contributed by atoms with Crippen molar-refractivity contribution in [3.63, 3.8) is 0 Å². The predicted octanol–water partition coefficient (Wildman–Crippen LogP) is 2.84. The predicted molar refractivity (Wildman–Crippen MR) is 103 cm³/mol. The van der Waals surface area contributed by atoms with Crippen LogP contribution in [0.5, 0.6) is 0 Å². The van der Waals surface area contributed by atoms with E-state index in [1.807, 2.05) is 61.7 Å². The number of rotatable bonds is 6. The lowest BCUT2D eigenvalue weighted by Crippen LogP contribution is -2.47. The zero-order chi connectivity index (χ0) is 18.5. The molecule has 0 saturated heterocycles. The van der Waals surface area contributed by atoms with E-state index in [1.165, 1.54) is 12.5 Å². The minimum absolute atomic E-state index is 0.189. The highest BCUT2D eigenvalue weighted by Gasteiger charge is 2.21. The largest absolute Gasteiger partial charge is 0.361 e. The fraction of sp³-hybridized carbons (Fsp3) is 0.238. The first-order valence-corrected chi connectivity index (χ1v) is 8.68. The number of aromatic amines is 1. The summed E-state index contributed by atoms with van der Waals surface area (Å²) < 4.78 is 0. The summed E-state index contributed by atoms with van der Waals surface area (Å²) in [5.41, 5.74) is 4.22. The van der Waals surface area contributed by atoms with Crippen molar-refractivity contribution in [2.75, 3.05) is 0 Å². The maximum Gasteiger partial charge on any atom is 0.243 e. The summed E-state index contributed by atoms with van der Waals surface area (Å²) in [6, 6.07) is 15.3. The Kier molecular flexibility index (Phi) is 5.37. The first-order chi connectivity index (χ1) is 12.5. The first-order valence-electron chi connectivity index (χ1n) is 8.68. The van der Waals surface area contributed by atoms with Crippen LogP contribution >= 0.6 is 0 Å². The molecule has 3 aromatic rings. The number of aromatic nitrogens is 1. The van der Waals surface area contributed by atoms with Gasteiger partial charge in [0.25, 0.3) is 0 Å². The number of aryl methyl sites for hydroxylation is 1. The van der Waals surface area contributed by atoms with Gasteiger partial charge in [0.1, 0.15) is 6.04 Å². The van der Waals surface area contributed by atoms with Crippen molar-refractivity contribution in [2.45, 2.75) is 32.9 Å². The average Bonchev–Trinajstić information content (AvgIpc) is 3.03. The Morgan fingerprint density at radius 1 is 1.08 bits per heavy atom. The van der Waals surface area contributed by atoms with Crippen molar-refractivity contribution in [3.05, 3.63) is 71.4 Å². The minimum atomic E-state index is -0.614. The molecule has 0 aliphatic heterocycles. The quantitative estimate of drug-likeness (QED) is 0.640. The number of H-pyrrole nitrogens is 1. The number of nitrogens with one attached hydrogen (secondary N) is 3. The van der Waals surface area contributed by atoms with E-state index < -0.39 is 6.04 Å². The molecule has 0 bridgehead atoms. The maximum atomic E-state index is 12.6. The number of benzene rings is 2. The number of amides is 2. The van der Waals surface area contributed by atoms with Crippen molar-refractivity contribution in [1.82, 2.24) is 15.6 Å². The molecule has 3 rings (SSSR count). The number of carbonyl (C=O) groups is 2. The molecular formula is C21H23N3O2. The van der Waals surface area contributed by atoms with Gasteiger partial charge in [-0.15, -0.1) is 0 Å². The van der Waals surface area contributed by atoms with E-state index in [2.05, 4.69) is 15.6 Å². The zero-order valence-corrected chi connectivity index (χ0v) is 15.0. The molecule has 2 aromatic carbocycles. The molecule has 5 heteroatoms. The SMILES string of the molecule is CC(=O)NC(Cc1c[nH]c2ccccc12)C(=O)NCc1ccc(C)cc1. The van der Waals surface area contributed by atoms with Gasteiger partial charge in [0.15, 0.2) is 0 Å². The Bertz CT molecular complexity index is 912. The highest BCUT2D eigenvalue weighted by atomic mass is 16.2. The summed E-state index contributed by atoms with van der Waals surface area (Å²) in [4.78, 5) is 27.4. The molecule has 1 atom stereocenters. The molecule has 0 spiro atoms.